The number of carbonyl (C=O) groups is 2. The van der Waals surface area contributed by atoms with Crippen molar-refractivity contribution < 1.29 is 18.0 Å². The van der Waals surface area contributed by atoms with Crippen LogP contribution in [0.4, 0.5) is 11.4 Å². The summed E-state index contributed by atoms with van der Waals surface area (Å²) in [6.07, 6.45) is 0. The van der Waals surface area contributed by atoms with Gasteiger partial charge in [-0.15, -0.1) is 11.3 Å². The van der Waals surface area contributed by atoms with E-state index in [-0.39, 0.29) is 16.7 Å². The fraction of sp³-hybridized carbons (Fsp3) is 0.333. The van der Waals surface area contributed by atoms with Crippen molar-refractivity contribution in [1.29, 1.82) is 0 Å². The minimum absolute atomic E-state index is 0.0144. The van der Waals surface area contributed by atoms with Crippen molar-refractivity contribution in [3.8, 4) is 0 Å². The third kappa shape index (κ3) is 6.31. The number of carbonyl (C=O) groups excluding carboxylic acids is 2. The molecule has 0 saturated carbocycles. The average molecular weight is 632 g/mol. The van der Waals surface area contributed by atoms with Crippen LogP contribution in [0, 0.1) is 0 Å². The number of thiophene rings is 1. The van der Waals surface area contributed by atoms with E-state index >= 15 is 0 Å². The van der Waals surface area contributed by atoms with Crippen molar-refractivity contribution in [3.63, 3.8) is 0 Å². The van der Waals surface area contributed by atoms with Crippen molar-refractivity contribution in [2.75, 3.05) is 62.0 Å². The van der Waals surface area contributed by atoms with Crippen molar-refractivity contribution in [3.05, 3.63) is 88.6 Å². The van der Waals surface area contributed by atoms with E-state index in [4.69, 9.17) is 0 Å². The second kappa shape index (κ2) is 12.6. The summed E-state index contributed by atoms with van der Waals surface area (Å²) in [6.45, 7) is 9.29. The molecule has 230 valence electrons. The molecule has 44 heavy (non-hydrogen) atoms. The quantitative estimate of drug-likeness (QED) is 0.314. The van der Waals surface area contributed by atoms with Crippen LogP contribution in [-0.2, 0) is 10.0 Å². The number of fused-ring (bicyclic) bond motifs is 1. The highest BCUT2D eigenvalue weighted by molar-refractivity contribution is 7.92. The Kier molecular flexibility index (Phi) is 8.61. The highest BCUT2D eigenvalue weighted by Gasteiger charge is 2.28. The smallest absolute Gasteiger partial charge is 0.264 e. The molecule has 4 aromatic rings. The molecule has 2 aliphatic rings. The van der Waals surface area contributed by atoms with E-state index in [1.165, 1.54) is 11.3 Å². The van der Waals surface area contributed by atoms with Crippen LogP contribution in [0.3, 0.4) is 0 Å². The first-order chi connectivity index (χ1) is 21.2. The molecule has 11 heteroatoms. The van der Waals surface area contributed by atoms with Gasteiger partial charge in [0.2, 0.25) is 0 Å². The van der Waals surface area contributed by atoms with Gasteiger partial charge in [-0.2, -0.15) is 0 Å². The molecular formula is C33H37N5O4S2. The lowest BCUT2D eigenvalue weighted by Gasteiger charge is -2.39. The van der Waals surface area contributed by atoms with Crippen LogP contribution in [0.5, 0.6) is 0 Å². The molecule has 0 radical (unpaired) electrons. The third-order valence-electron chi connectivity index (χ3n) is 8.49. The molecule has 6 rings (SSSR count). The minimum atomic E-state index is -3.95. The topological polar surface area (TPSA) is 93.3 Å². The Hall–Kier alpha value is -3.93. The molecule has 0 bridgehead atoms. The SMILES string of the molecule is CC(C)N1CCN(c2ccc(C(=O)N3CCN(C(=O)c4cccs4)CC3)cc2NS(=O)(=O)c2ccc3ccccc3c2)CC1. The summed E-state index contributed by atoms with van der Waals surface area (Å²) in [7, 11) is -3.95. The van der Waals surface area contributed by atoms with E-state index in [0.29, 0.717) is 48.3 Å². The van der Waals surface area contributed by atoms with Crippen molar-refractivity contribution >= 4 is 55.3 Å². The molecule has 9 nitrogen and oxygen atoms in total. The number of hydrogen-bond acceptors (Lipinski definition) is 7. The van der Waals surface area contributed by atoms with Crippen molar-refractivity contribution in [2.45, 2.75) is 24.8 Å². The lowest BCUT2D eigenvalue weighted by atomic mass is 10.1. The van der Waals surface area contributed by atoms with Crippen LogP contribution in [0.1, 0.15) is 33.9 Å². The highest BCUT2D eigenvalue weighted by atomic mass is 32.2. The summed E-state index contributed by atoms with van der Waals surface area (Å²) < 4.78 is 30.3. The van der Waals surface area contributed by atoms with Crippen LogP contribution in [0.15, 0.2) is 83.1 Å². The van der Waals surface area contributed by atoms with Crippen molar-refractivity contribution in [1.82, 2.24) is 14.7 Å². The molecule has 1 aromatic heterocycles. The van der Waals surface area contributed by atoms with Crippen LogP contribution in [-0.4, -0.2) is 93.3 Å². The Bertz CT molecular complexity index is 1760. The first-order valence-corrected chi connectivity index (χ1v) is 17.3. The molecule has 1 N–H and O–H groups in total. The maximum atomic E-state index is 13.7. The molecule has 2 amide bonds. The molecule has 2 aliphatic heterocycles. The summed E-state index contributed by atoms with van der Waals surface area (Å²) in [5.41, 5.74) is 1.54. The first-order valence-electron chi connectivity index (χ1n) is 15.0. The Morgan fingerprint density at radius 1 is 0.750 bits per heavy atom. The molecule has 2 fully saturated rings. The lowest BCUT2D eigenvalue weighted by molar-refractivity contribution is 0.0538. The van der Waals surface area contributed by atoms with Gasteiger partial charge in [0, 0.05) is 64.0 Å². The molecule has 0 atom stereocenters. The van der Waals surface area contributed by atoms with Gasteiger partial charge in [-0.05, 0) is 66.4 Å². The number of hydrogen-bond donors (Lipinski definition) is 1. The predicted molar refractivity (Wildman–Crippen MR) is 176 cm³/mol. The second-order valence-electron chi connectivity index (χ2n) is 11.5. The number of benzene rings is 3. The summed E-state index contributed by atoms with van der Waals surface area (Å²) >= 11 is 1.41. The van der Waals surface area contributed by atoms with Crippen LogP contribution < -0.4 is 9.62 Å². The zero-order valence-corrected chi connectivity index (χ0v) is 26.6. The van der Waals surface area contributed by atoms with E-state index in [2.05, 4.69) is 28.4 Å². The Balaban J connectivity index is 1.25. The minimum Gasteiger partial charge on any atom is -0.367 e. The Morgan fingerprint density at radius 3 is 2.09 bits per heavy atom. The second-order valence-corrected chi connectivity index (χ2v) is 14.2. The van der Waals surface area contributed by atoms with E-state index < -0.39 is 10.0 Å². The molecule has 3 aromatic carbocycles. The highest BCUT2D eigenvalue weighted by Crippen LogP contribution is 2.32. The largest absolute Gasteiger partial charge is 0.367 e. The maximum absolute atomic E-state index is 13.7. The monoisotopic (exact) mass is 631 g/mol. The first kappa shape index (κ1) is 30.1. The predicted octanol–water partition coefficient (Wildman–Crippen LogP) is 4.83. The van der Waals surface area contributed by atoms with Crippen LogP contribution in [0.25, 0.3) is 10.8 Å². The number of piperazine rings is 2. The number of rotatable bonds is 7. The third-order valence-corrected chi connectivity index (χ3v) is 10.7. The van der Waals surface area contributed by atoms with Gasteiger partial charge in [-0.25, -0.2) is 8.42 Å². The van der Waals surface area contributed by atoms with Gasteiger partial charge in [0.15, 0.2) is 0 Å². The van der Waals surface area contributed by atoms with E-state index in [0.717, 1.165) is 42.6 Å². The maximum Gasteiger partial charge on any atom is 0.264 e. The number of nitrogens with one attached hydrogen (secondary N) is 1. The molecule has 0 spiro atoms. The fourth-order valence-electron chi connectivity index (χ4n) is 5.90. The normalized spacial score (nSPS) is 16.5. The van der Waals surface area contributed by atoms with E-state index in [1.807, 2.05) is 47.8 Å². The van der Waals surface area contributed by atoms with Gasteiger partial charge >= 0.3 is 0 Å². The van der Waals surface area contributed by atoms with Gasteiger partial charge < -0.3 is 14.7 Å². The summed E-state index contributed by atoms with van der Waals surface area (Å²) in [5, 5.41) is 3.67. The van der Waals surface area contributed by atoms with E-state index in [9.17, 15) is 18.0 Å². The van der Waals surface area contributed by atoms with Crippen LogP contribution in [0.2, 0.25) is 0 Å². The molecule has 0 aliphatic carbocycles. The average Bonchev–Trinajstić information content (AvgIpc) is 3.59. The Labute approximate surface area is 262 Å². The lowest BCUT2D eigenvalue weighted by Crippen LogP contribution is -2.50. The fourth-order valence-corrected chi connectivity index (χ4v) is 7.69. The summed E-state index contributed by atoms with van der Waals surface area (Å²) in [6, 6.07) is 22.1. The zero-order valence-electron chi connectivity index (χ0n) is 25.0. The molecule has 3 heterocycles. The number of anilines is 2. The van der Waals surface area contributed by atoms with Gasteiger partial charge in [0.05, 0.1) is 21.1 Å². The molecular weight excluding hydrogens is 595 g/mol. The molecule has 2 saturated heterocycles. The van der Waals surface area contributed by atoms with Gasteiger partial charge in [0.25, 0.3) is 21.8 Å². The van der Waals surface area contributed by atoms with Gasteiger partial charge in [-0.3, -0.25) is 19.2 Å². The zero-order chi connectivity index (χ0) is 30.8. The Morgan fingerprint density at radius 2 is 1.43 bits per heavy atom. The summed E-state index contributed by atoms with van der Waals surface area (Å²) in [4.78, 5) is 35.4. The number of nitrogens with zero attached hydrogens (tertiary/aromatic N) is 4. The standard InChI is InChI=1S/C33H37N5O4S2/c1-24(2)35-13-15-36(16-14-35)30-12-10-27(32(39)37-17-19-38(20-18-37)33(40)31-8-5-21-43-31)23-29(30)34-44(41,42)28-11-9-25-6-3-4-7-26(25)22-28/h3-12,21-24,34H,13-20H2,1-2H3. The summed E-state index contributed by atoms with van der Waals surface area (Å²) in [5.74, 6) is -0.199. The van der Waals surface area contributed by atoms with Gasteiger partial charge in [-0.1, -0.05) is 36.4 Å². The number of sulfonamides is 1. The molecule has 0 unspecified atom stereocenters. The van der Waals surface area contributed by atoms with Gasteiger partial charge in [0.1, 0.15) is 0 Å². The number of amides is 2. The van der Waals surface area contributed by atoms with Crippen molar-refractivity contribution in [2.24, 2.45) is 0 Å². The van der Waals surface area contributed by atoms with E-state index in [1.54, 1.807) is 40.1 Å². The van der Waals surface area contributed by atoms with Crippen LogP contribution >= 0.6 is 11.3 Å².